The van der Waals surface area contributed by atoms with Gasteiger partial charge < -0.3 is 9.84 Å². The summed E-state index contributed by atoms with van der Waals surface area (Å²) in [6.07, 6.45) is 2.84. The average molecular weight is 294 g/mol. The van der Waals surface area contributed by atoms with E-state index in [1.807, 2.05) is 20.8 Å². The van der Waals surface area contributed by atoms with Gasteiger partial charge in [0.25, 0.3) is 5.88 Å². The molecule has 0 atom stereocenters. The smallest absolute Gasteiger partial charge is 0.261 e. The van der Waals surface area contributed by atoms with Gasteiger partial charge in [-0.15, -0.1) is 0 Å². The molecule has 0 aliphatic carbocycles. The van der Waals surface area contributed by atoms with E-state index in [4.69, 9.17) is 16.3 Å². The minimum atomic E-state index is -0.478. The number of halogens is 1. The Morgan fingerprint density at radius 2 is 1.90 bits per heavy atom. The Hall–Kier alpha value is -2.01. The van der Waals surface area contributed by atoms with Crippen molar-refractivity contribution >= 4 is 17.5 Å². The molecule has 1 aromatic heterocycles. The van der Waals surface area contributed by atoms with Crippen LogP contribution in [0.4, 0.5) is 0 Å². The number of benzene rings is 1. The first-order valence-corrected chi connectivity index (χ1v) is 6.48. The lowest BCUT2D eigenvalue weighted by Gasteiger charge is -2.21. The summed E-state index contributed by atoms with van der Waals surface area (Å²) in [5, 5.41) is 15.0. The van der Waals surface area contributed by atoms with Gasteiger partial charge in [0.15, 0.2) is 5.76 Å². The Balaban J connectivity index is 2.41. The molecule has 1 aromatic carbocycles. The van der Waals surface area contributed by atoms with Crippen molar-refractivity contribution in [2.45, 2.75) is 20.8 Å². The molecule has 0 aliphatic heterocycles. The zero-order chi connectivity index (χ0) is 14.8. The van der Waals surface area contributed by atoms with Crippen LogP contribution in [0.3, 0.4) is 0 Å². The second-order valence-electron chi connectivity index (χ2n) is 5.30. The highest BCUT2D eigenvalue weighted by atomic mass is 35.5. The number of aromatic nitrogens is 3. The van der Waals surface area contributed by atoms with Crippen molar-refractivity contribution in [1.29, 1.82) is 0 Å². The van der Waals surface area contributed by atoms with Crippen LogP contribution in [-0.2, 0) is 0 Å². The Morgan fingerprint density at radius 1 is 1.25 bits per heavy atom. The lowest BCUT2D eigenvalue weighted by molar-refractivity contribution is 0.257. The van der Waals surface area contributed by atoms with Crippen molar-refractivity contribution in [2.75, 3.05) is 0 Å². The van der Waals surface area contributed by atoms with Crippen LogP contribution in [0.1, 0.15) is 20.8 Å². The second kappa shape index (κ2) is 5.54. The molecule has 0 saturated heterocycles. The first-order valence-electron chi connectivity index (χ1n) is 6.10. The number of hydrogen-bond acceptors (Lipinski definition) is 4. The number of aliphatic hydroxyl groups excluding tert-OH is 1. The molecule has 1 N–H and O–H groups in total. The zero-order valence-corrected chi connectivity index (χ0v) is 12.3. The second-order valence-corrected chi connectivity index (χ2v) is 5.74. The zero-order valence-electron chi connectivity index (χ0n) is 11.5. The Morgan fingerprint density at radius 3 is 2.40 bits per heavy atom. The molecule has 0 saturated carbocycles. The molecule has 6 heteroatoms. The summed E-state index contributed by atoms with van der Waals surface area (Å²) in [7, 11) is 0. The predicted molar refractivity (Wildman–Crippen MR) is 77.4 cm³/mol. The molecule has 20 heavy (non-hydrogen) atoms. The molecule has 0 spiro atoms. The number of ether oxygens (including phenoxy) is 1. The third-order valence-electron chi connectivity index (χ3n) is 2.57. The van der Waals surface area contributed by atoms with Crippen LogP contribution in [0.15, 0.2) is 42.7 Å². The fourth-order valence-electron chi connectivity index (χ4n) is 1.45. The van der Waals surface area contributed by atoms with Crippen molar-refractivity contribution < 1.29 is 9.84 Å². The van der Waals surface area contributed by atoms with Gasteiger partial charge in [0.1, 0.15) is 18.4 Å². The Bertz CT molecular complexity index is 598. The fraction of sp³-hybridized carbons (Fsp3) is 0.286. The van der Waals surface area contributed by atoms with E-state index < -0.39 is 5.41 Å². The molecule has 2 rings (SSSR count). The first-order chi connectivity index (χ1) is 9.38. The van der Waals surface area contributed by atoms with Crippen LogP contribution < -0.4 is 4.74 Å². The maximum absolute atomic E-state index is 10.4. The van der Waals surface area contributed by atoms with Gasteiger partial charge in [-0.3, -0.25) is 0 Å². The van der Waals surface area contributed by atoms with E-state index in [0.29, 0.717) is 10.8 Å². The largest absolute Gasteiger partial charge is 0.506 e. The Labute approximate surface area is 122 Å². The van der Waals surface area contributed by atoms with Crippen molar-refractivity contribution in [3.8, 4) is 5.75 Å². The third kappa shape index (κ3) is 3.30. The third-order valence-corrected chi connectivity index (χ3v) is 2.82. The van der Waals surface area contributed by atoms with E-state index in [1.54, 1.807) is 24.3 Å². The maximum atomic E-state index is 10.4. The van der Waals surface area contributed by atoms with Gasteiger partial charge in [-0.25, -0.2) is 4.98 Å². The van der Waals surface area contributed by atoms with Crippen molar-refractivity contribution in [2.24, 2.45) is 5.41 Å². The van der Waals surface area contributed by atoms with Crippen molar-refractivity contribution in [1.82, 2.24) is 14.8 Å². The molecule has 1 heterocycles. The highest BCUT2D eigenvalue weighted by molar-refractivity contribution is 6.30. The minimum Gasteiger partial charge on any atom is -0.506 e. The van der Waals surface area contributed by atoms with Crippen molar-refractivity contribution in [3.63, 3.8) is 0 Å². The molecule has 106 valence electrons. The lowest BCUT2D eigenvalue weighted by atomic mass is 9.94. The monoisotopic (exact) mass is 293 g/mol. The highest BCUT2D eigenvalue weighted by Gasteiger charge is 2.24. The average Bonchev–Trinajstić information content (AvgIpc) is 2.90. The van der Waals surface area contributed by atoms with Gasteiger partial charge in [0, 0.05) is 10.4 Å². The number of rotatable bonds is 3. The fourth-order valence-corrected chi connectivity index (χ4v) is 1.58. The van der Waals surface area contributed by atoms with E-state index >= 15 is 0 Å². The summed E-state index contributed by atoms with van der Waals surface area (Å²) in [4.78, 5) is 3.87. The standard InChI is InChI=1S/C14H16ClN3O2/c1-14(2,3)12(19)13(18-9-16-8-17-18)20-11-6-4-10(15)5-7-11/h4-9,19H,1-3H3. The molecule has 0 bridgehead atoms. The van der Waals surface area contributed by atoms with Crippen molar-refractivity contribution in [3.05, 3.63) is 47.7 Å². The van der Waals surface area contributed by atoms with Gasteiger partial charge >= 0.3 is 0 Å². The number of allylic oxidation sites excluding steroid dienone is 1. The molecule has 5 nitrogen and oxygen atoms in total. The van der Waals surface area contributed by atoms with Crippen LogP contribution in [0, 0.1) is 5.41 Å². The molecular formula is C14H16ClN3O2. The minimum absolute atomic E-state index is 0.0814. The summed E-state index contributed by atoms with van der Waals surface area (Å²) < 4.78 is 7.12. The number of hydrogen-bond donors (Lipinski definition) is 1. The maximum Gasteiger partial charge on any atom is 0.261 e. The van der Waals surface area contributed by atoms with Gasteiger partial charge in [-0.2, -0.15) is 9.78 Å². The van der Waals surface area contributed by atoms with E-state index in [2.05, 4.69) is 10.1 Å². The van der Waals surface area contributed by atoms with Gasteiger partial charge in [-0.1, -0.05) is 32.4 Å². The molecule has 0 radical (unpaired) electrons. The summed E-state index contributed by atoms with van der Waals surface area (Å²) in [5.41, 5.74) is -0.478. The quantitative estimate of drug-likeness (QED) is 0.876. The number of nitrogens with zero attached hydrogens (tertiary/aromatic N) is 3. The highest BCUT2D eigenvalue weighted by Crippen LogP contribution is 2.29. The van der Waals surface area contributed by atoms with Gasteiger partial charge in [0.05, 0.1) is 0 Å². The predicted octanol–water partition coefficient (Wildman–Crippen LogP) is 3.74. The first kappa shape index (κ1) is 14.4. The SMILES string of the molecule is CC(C)(C)C(O)=C(Oc1ccc(Cl)cc1)n1cncn1. The molecule has 0 amide bonds. The van der Waals surface area contributed by atoms with Crippen LogP contribution in [-0.4, -0.2) is 19.9 Å². The van der Waals surface area contributed by atoms with E-state index in [1.165, 1.54) is 17.3 Å². The van der Waals surface area contributed by atoms with Crippen LogP contribution in [0.25, 0.3) is 5.88 Å². The van der Waals surface area contributed by atoms with Gasteiger partial charge in [-0.05, 0) is 24.3 Å². The van der Waals surface area contributed by atoms with Gasteiger partial charge in [0.2, 0.25) is 0 Å². The Kier molecular flexibility index (Phi) is 3.99. The normalized spacial score (nSPS) is 13.0. The lowest BCUT2D eigenvalue weighted by Crippen LogP contribution is -2.17. The van der Waals surface area contributed by atoms with E-state index in [0.717, 1.165) is 0 Å². The molecule has 0 unspecified atom stereocenters. The molecular weight excluding hydrogens is 278 g/mol. The summed E-state index contributed by atoms with van der Waals surface area (Å²) in [6, 6.07) is 6.86. The molecule has 0 fully saturated rings. The van der Waals surface area contributed by atoms with E-state index in [9.17, 15) is 5.11 Å². The summed E-state index contributed by atoms with van der Waals surface area (Å²) >= 11 is 5.84. The van der Waals surface area contributed by atoms with Crippen LogP contribution in [0.2, 0.25) is 5.02 Å². The number of aliphatic hydroxyl groups is 1. The molecule has 0 aliphatic rings. The summed E-state index contributed by atoms with van der Waals surface area (Å²) in [6.45, 7) is 5.64. The summed E-state index contributed by atoms with van der Waals surface area (Å²) in [5.74, 6) is 0.853. The molecule has 2 aromatic rings. The van der Waals surface area contributed by atoms with E-state index in [-0.39, 0.29) is 11.6 Å². The topological polar surface area (TPSA) is 60.2 Å². The van der Waals surface area contributed by atoms with Crippen LogP contribution in [0.5, 0.6) is 5.75 Å². The van der Waals surface area contributed by atoms with Crippen LogP contribution >= 0.6 is 11.6 Å².